The van der Waals surface area contributed by atoms with E-state index in [0.717, 1.165) is 12.1 Å². The molecule has 4 heteroatoms. The zero-order valence-corrected chi connectivity index (χ0v) is 13.4. The van der Waals surface area contributed by atoms with Gasteiger partial charge in [-0.3, -0.25) is 4.90 Å². The highest BCUT2D eigenvalue weighted by atomic mass is 35.6. The van der Waals surface area contributed by atoms with E-state index in [2.05, 4.69) is 54.3 Å². The molecule has 2 aliphatic rings. The first-order valence-corrected chi connectivity index (χ1v) is 7.93. The van der Waals surface area contributed by atoms with Crippen molar-refractivity contribution in [2.45, 2.75) is 28.7 Å². The number of halogens is 3. The van der Waals surface area contributed by atoms with Crippen LogP contribution < -0.4 is 0 Å². The molecule has 1 aliphatic carbocycles. The maximum Gasteiger partial charge on any atom is 0.209 e. The highest BCUT2D eigenvalue weighted by Crippen LogP contribution is 2.51. The van der Waals surface area contributed by atoms with Crippen molar-refractivity contribution >= 4 is 34.8 Å². The Morgan fingerprint density at radius 2 is 1.70 bits per heavy atom. The van der Waals surface area contributed by atoms with Gasteiger partial charge in [0.1, 0.15) is 0 Å². The molecule has 0 amide bonds. The quantitative estimate of drug-likeness (QED) is 0.655. The molecule has 106 valence electrons. The molecule has 0 aromatic heterocycles. The van der Waals surface area contributed by atoms with E-state index in [4.69, 9.17) is 34.8 Å². The van der Waals surface area contributed by atoms with E-state index < -0.39 is 3.79 Å². The minimum absolute atomic E-state index is 0.217. The van der Waals surface area contributed by atoms with Gasteiger partial charge in [-0.15, -0.1) is 0 Å². The van der Waals surface area contributed by atoms with E-state index >= 15 is 0 Å². The molecule has 1 aromatic carbocycles. The molecular formula is C16H16Cl3N. The Bertz CT molecular complexity index is 559. The standard InChI is InChI=1S/C16H16Cl3N/c1-2-20-14-10-6-5-8-12(14)11-7-3-4-9-13(11)15(20)16(17,18)19/h3-10,12,14-15H,2H2,1H3/t12-,14-,15+/m1/s1. The first kappa shape index (κ1) is 14.5. The third-order valence-corrected chi connectivity index (χ3v) is 4.77. The zero-order chi connectivity index (χ0) is 14.3. The smallest absolute Gasteiger partial charge is 0.209 e. The number of fused-ring (bicyclic) bond motifs is 3. The van der Waals surface area contributed by atoms with Gasteiger partial charge in [0, 0.05) is 12.0 Å². The van der Waals surface area contributed by atoms with Gasteiger partial charge in [-0.1, -0.05) is 90.3 Å². The SMILES string of the molecule is CCN1[C@@H]2C=CC=C[C@@H]2c2ccccc2[C@H]1C(Cl)(Cl)Cl. The van der Waals surface area contributed by atoms with Gasteiger partial charge in [0.25, 0.3) is 0 Å². The normalized spacial score (nSPS) is 29.1. The van der Waals surface area contributed by atoms with E-state index in [1.54, 1.807) is 0 Å². The summed E-state index contributed by atoms with van der Waals surface area (Å²) in [6, 6.07) is 8.32. The van der Waals surface area contributed by atoms with Gasteiger partial charge in [-0.25, -0.2) is 0 Å². The van der Waals surface area contributed by atoms with Crippen molar-refractivity contribution in [2.24, 2.45) is 0 Å². The molecule has 0 N–H and O–H groups in total. The number of benzene rings is 1. The summed E-state index contributed by atoms with van der Waals surface area (Å²) in [6.45, 7) is 2.95. The van der Waals surface area contributed by atoms with Crippen LogP contribution in [0.1, 0.15) is 30.0 Å². The fraction of sp³-hybridized carbons (Fsp3) is 0.375. The number of allylic oxidation sites excluding steroid dienone is 2. The molecule has 0 radical (unpaired) electrons. The second-order valence-electron chi connectivity index (χ2n) is 5.19. The fourth-order valence-corrected chi connectivity index (χ4v) is 4.10. The molecule has 0 bridgehead atoms. The van der Waals surface area contributed by atoms with Crippen molar-refractivity contribution in [1.82, 2.24) is 4.90 Å². The van der Waals surface area contributed by atoms with Crippen LogP contribution in [0.25, 0.3) is 0 Å². The predicted molar refractivity (Wildman–Crippen MR) is 86.7 cm³/mol. The molecule has 1 aromatic rings. The summed E-state index contributed by atoms with van der Waals surface area (Å²) in [5.41, 5.74) is 2.38. The lowest BCUT2D eigenvalue weighted by Crippen LogP contribution is -2.49. The van der Waals surface area contributed by atoms with Crippen molar-refractivity contribution in [3.05, 3.63) is 59.7 Å². The van der Waals surface area contributed by atoms with Crippen molar-refractivity contribution < 1.29 is 0 Å². The molecule has 20 heavy (non-hydrogen) atoms. The van der Waals surface area contributed by atoms with Gasteiger partial charge in [0.05, 0.1) is 6.04 Å². The highest BCUT2D eigenvalue weighted by Gasteiger charge is 2.46. The van der Waals surface area contributed by atoms with Crippen LogP contribution in [-0.4, -0.2) is 21.3 Å². The number of nitrogens with zero attached hydrogens (tertiary/aromatic N) is 1. The Hall–Kier alpha value is -0.470. The molecule has 3 atom stereocenters. The first-order chi connectivity index (χ1) is 9.54. The Kier molecular flexibility index (Phi) is 3.89. The molecule has 0 saturated heterocycles. The van der Waals surface area contributed by atoms with E-state index in [1.165, 1.54) is 5.56 Å². The Morgan fingerprint density at radius 1 is 1.05 bits per heavy atom. The van der Waals surface area contributed by atoms with E-state index in [1.807, 2.05) is 6.07 Å². The summed E-state index contributed by atoms with van der Waals surface area (Å²) >= 11 is 18.9. The average Bonchev–Trinajstić information content (AvgIpc) is 2.44. The molecule has 0 saturated carbocycles. The lowest BCUT2D eigenvalue weighted by molar-refractivity contribution is 0.142. The molecule has 3 rings (SSSR count). The monoisotopic (exact) mass is 327 g/mol. The lowest BCUT2D eigenvalue weighted by atomic mass is 9.78. The topological polar surface area (TPSA) is 3.24 Å². The predicted octanol–water partition coefficient (Wildman–Crippen LogP) is 5.01. The Labute approximate surface area is 134 Å². The molecule has 1 aliphatic heterocycles. The van der Waals surface area contributed by atoms with E-state index in [-0.39, 0.29) is 12.1 Å². The lowest BCUT2D eigenvalue weighted by Gasteiger charge is -2.48. The summed E-state index contributed by atoms with van der Waals surface area (Å²) < 4.78 is -1.34. The van der Waals surface area contributed by atoms with Crippen LogP contribution in [0.4, 0.5) is 0 Å². The van der Waals surface area contributed by atoms with E-state index in [0.29, 0.717) is 5.92 Å². The van der Waals surface area contributed by atoms with Gasteiger partial charge in [0.15, 0.2) is 0 Å². The van der Waals surface area contributed by atoms with Gasteiger partial charge in [-0.05, 0) is 17.7 Å². The van der Waals surface area contributed by atoms with Crippen molar-refractivity contribution in [2.75, 3.05) is 6.54 Å². The van der Waals surface area contributed by atoms with Gasteiger partial charge in [0.2, 0.25) is 3.79 Å². The van der Waals surface area contributed by atoms with Crippen LogP contribution in [0.3, 0.4) is 0 Å². The van der Waals surface area contributed by atoms with Gasteiger partial charge < -0.3 is 0 Å². The summed E-state index contributed by atoms with van der Waals surface area (Å²) in [5, 5.41) is 0. The fourth-order valence-electron chi connectivity index (χ4n) is 3.37. The first-order valence-electron chi connectivity index (χ1n) is 6.80. The molecule has 1 nitrogen and oxygen atoms in total. The van der Waals surface area contributed by atoms with Gasteiger partial charge in [-0.2, -0.15) is 0 Å². The third kappa shape index (κ3) is 2.31. The van der Waals surface area contributed by atoms with Crippen LogP contribution in [-0.2, 0) is 0 Å². The minimum Gasteiger partial charge on any atom is -0.285 e. The Morgan fingerprint density at radius 3 is 2.35 bits per heavy atom. The average molecular weight is 329 g/mol. The Balaban J connectivity index is 2.19. The second-order valence-corrected chi connectivity index (χ2v) is 7.56. The number of alkyl halides is 3. The third-order valence-electron chi connectivity index (χ3n) is 4.15. The van der Waals surface area contributed by atoms with Crippen molar-refractivity contribution in [3.63, 3.8) is 0 Å². The number of likely N-dealkylation sites (N-methyl/N-ethyl adjacent to an activating group) is 1. The van der Waals surface area contributed by atoms with E-state index in [9.17, 15) is 0 Å². The van der Waals surface area contributed by atoms with Crippen LogP contribution in [0.2, 0.25) is 0 Å². The largest absolute Gasteiger partial charge is 0.285 e. The molecule has 1 heterocycles. The molecular weight excluding hydrogens is 313 g/mol. The number of hydrogen-bond donors (Lipinski definition) is 0. The molecule has 0 unspecified atom stereocenters. The molecule has 0 fully saturated rings. The zero-order valence-electron chi connectivity index (χ0n) is 11.1. The number of rotatable bonds is 1. The van der Waals surface area contributed by atoms with Gasteiger partial charge >= 0.3 is 0 Å². The molecule has 0 spiro atoms. The summed E-state index contributed by atoms with van der Waals surface area (Å²) in [5.74, 6) is 0.333. The van der Waals surface area contributed by atoms with Crippen LogP contribution in [0, 0.1) is 0 Å². The van der Waals surface area contributed by atoms with Crippen molar-refractivity contribution in [1.29, 1.82) is 0 Å². The summed E-state index contributed by atoms with van der Waals surface area (Å²) in [7, 11) is 0. The van der Waals surface area contributed by atoms with Crippen LogP contribution in [0.15, 0.2) is 48.6 Å². The van der Waals surface area contributed by atoms with Crippen molar-refractivity contribution in [3.8, 4) is 0 Å². The highest BCUT2D eigenvalue weighted by molar-refractivity contribution is 6.68. The van der Waals surface area contributed by atoms with Crippen LogP contribution in [0.5, 0.6) is 0 Å². The summed E-state index contributed by atoms with van der Waals surface area (Å²) in [4.78, 5) is 2.28. The minimum atomic E-state index is -1.34. The maximum absolute atomic E-state index is 6.29. The van der Waals surface area contributed by atoms with Crippen LogP contribution >= 0.6 is 34.8 Å². The number of hydrogen-bond acceptors (Lipinski definition) is 1. The summed E-state index contributed by atoms with van der Waals surface area (Å²) in [6.07, 6.45) is 8.61. The maximum atomic E-state index is 6.29. The second kappa shape index (κ2) is 5.38.